The average Bonchev–Trinajstić information content (AvgIpc) is 1.25. The summed E-state index contributed by atoms with van der Waals surface area (Å²) < 4.78 is 56.3. The maximum absolute atomic E-state index is 10.8. The second-order valence-corrected chi connectivity index (χ2v) is 2.61. The van der Waals surface area contributed by atoms with Crippen molar-refractivity contribution in [2.45, 2.75) is 5.51 Å². The molecule has 52 valence electrons. The molecule has 0 aliphatic heterocycles. The summed E-state index contributed by atoms with van der Waals surface area (Å²) in [6.07, 6.45) is 0. The summed E-state index contributed by atoms with van der Waals surface area (Å²) >= 11 is 0. The Morgan fingerprint density at radius 2 is 1.38 bits per heavy atom. The Kier molecular flexibility index (Phi) is 1.65. The summed E-state index contributed by atoms with van der Waals surface area (Å²) in [6.45, 7) is 0. The first-order valence-corrected chi connectivity index (χ1v) is 2.99. The molecular weight excluding hydrogens is 149 g/mol. The number of alkyl halides is 3. The van der Waals surface area contributed by atoms with E-state index in [0.717, 1.165) is 0 Å². The zero-order valence-corrected chi connectivity index (χ0v) is 4.28. The van der Waals surface area contributed by atoms with E-state index in [1.54, 1.807) is 0 Å². The van der Waals surface area contributed by atoms with E-state index in [4.69, 9.17) is 9.11 Å². The Balaban J connectivity index is 4.26. The lowest BCUT2D eigenvalue weighted by molar-refractivity contribution is -0.0579. The maximum atomic E-state index is 10.8. The molecule has 0 amide bonds. The van der Waals surface area contributed by atoms with Crippen LogP contribution in [-0.2, 0) is 10.5 Å². The first kappa shape index (κ1) is 7.86. The van der Waals surface area contributed by atoms with Gasteiger partial charge in [-0.3, -0.25) is 0 Å². The highest BCUT2D eigenvalue weighted by Crippen LogP contribution is 2.24. The molecule has 0 spiro atoms. The van der Waals surface area contributed by atoms with Gasteiger partial charge in [0.2, 0.25) is 0 Å². The second-order valence-electron chi connectivity index (χ2n) is 1.01. The molecule has 3 nitrogen and oxygen atoms in total. The average molecular weight is 152 g/mol. The first-order chi connectivity index (χ1) is 3.25. The summed E-state index contributed by atoms with van der Waals surface area (Å²) in [5, 5.41) is 0. The summed E-state index contributed by atoms with van der Waals surface area (Å²) in [5.74, 6) is 0. The van der Waals surface area contributed by atoms with Gasteiger partial charge in [-0.15, -0.1) is 0 Å². The monoisotopic (exact) mass is 152 g/mol. The van der Waals surface area contributed by atoms with Crippen molar-refractivity contribution < 1.29 is 26.5 Å². The molecule has 0 fully saturated rings. The van der Waals surface area contributed by atoms with Crippen LogP contribution in [-0.4, -0.2) is 18.8 Å². The molecule has 0 rings (SSSR count). The Morgan fingerprint density at radius 3 is 1.38 bits per heavy atom. The first-order valence-electron chi connectivity index (χ1n) is 1.37. The van der Waals surface area contributed by atoms with E-state index in [9.17, 15) is 17.4 Å². The quantitative estimate of drug-likeness (QED) is 0.442. The lowest BCUT2D eigenvalue weighted by Crippen LogP contribution is -2.29. The van der Waals surface area contributed by atoms with Gasteiger partial charge in [-0.2, -0.15) is 13.2 Å². The normalized spacial score (nSPS) is 16.1. The van der Waals surface area contributed by atoms with E-state index in [-0.39, 0.29) is 0 Å². The molecule has 8 heavy (non-hydrogen) atoms. The molecular formula is CH3F3O3S. The molecule has 0 radical (unpaired) electrons. The fourth-order valence-electron chi connectivity index (χ4n) is 0. The maximum Gasteiger partial charge on any atom is 0.491 e. The van der Waals surface area contributed by atoms with Crippen LogP contribution in [0.3, 0.4) is 0 Å². The summed E-state index contributed by atoms with van der Waals surface area (Å²) in [4.78, 5) is 0. The van der Waals surface area contributed by atoms with Crippen molar-refractivity contribution >= 4 is 10.5 Å². The predicted molar refractivity (Wildman–Crippen MR) is 20.9 cm³/mol. The molecule has 0 aliphatic rings. The third-order valence-corrected chi connectivity index (χ3v) is 0.991. The van der Waals surface area contributed by atoms with Gasteiger partial charge in [0.15, 0.2) is 10.5 Å². The Hall–Kier alpha value is -0.140. The van der Waals surface area contributed by atoms with Crippen LogP contribution in [0.2, 0.25) is 0 Å². The van der Waals surface area contributed by atoms with Crippen molar-refractivity contribution in [3.8, 4) is 0 Å². The number of hydrogen-bond donors (Lipinski definition) is 3. The molecule has 0 saturated carbocycles. The third-order valence-electron chi connectivity index (χ3n) is 0.330. The lowest BCUT2D eigenvalue weighted by atomic mass is 11.6. The highest BCUT2D eigenvalue weighted by atomic mass is 32.3. The Bertz CT molecular complexity index is 121. The zero-order valence-electron chi connectivity index (χ0n) is 3.38. The molecule has 0 bridgehead atoms. The van der Waals surface area contributed by atoms with Gasteiger partial charge >= 0.3 is 5.51 Å². The highest BCUT2D eigenvalue weighted by molar-refractivity contribution is 7.93. The van der Waals surface area contributed by atoms with Crippen LogP contribution in [0.5, 0.6) is 0 Å². The van der Waals surface area contributed by atoms with Gasteiger partial charge in [0.05, 0.1) is 0 Å². The van der Waals surface area contributed by atoms with Gasteiger partial charge in [0.25, 0.3) is 0 Å². The van der Waals surface area contributed by atoms with Crippen LogP contribution < -0.4 is 0 Å². The van der Waals surface area contributed by atoms with E-state index in [2.05, 4.69) is 0 Å². The molecule has 0 unspecified atom stereocenters. The van der Waals surface area contributed by atoms with Crippen molar-refractivity contribution in [3.05, 3.63) is 0 Å². The fraction of sp³-hybridized carbons (Fsp3) is 1.00. The minimum absolute atomic E-state index is 5.40. The van der Waals surface area contributed by atoms with Crippen LogP contribution in [0, 0.1) is 0 Å². The molecule has 0 heterocycles. The summed E-state index contributed by atoms with van der Waals surface area (Å²) in [6, 6.07) is 0. The number of thiol groups is 1. The minimum atomic E-state index is -5.85. The number of halogens is 3. The molecule has 7 heteroatoms. The standard InChI is InChI=1S/CH3F3O3S/c2-1(3,4)8(5,6)7/h8H,(H2,5,6,7). The van der Waals surface area contributed by atoms with Crippen molar-refractivity contribution in [2.24, 2.45) is 0 Å². The molecule has 0 aromatic rings. The SMILES string of the molecule is O=[SH](O)(O)C(F)(F)F. The smallest absolute Gasteiger partial charge is 0.303 e. The van der Waals surface area contributed by atoms with Gasteiger partial charge in [-0.1, -0.05) is 0 Å². The summed E-state index contributed by atoms with van der Waals surface area (Å²) in [5.41, 5.74) is -5.40. The van der Waals surface area contributed by atoms with Gasteiger partial charge in [0, 0.05) is 0 Å². The van der Waals surface area contributed by atoms with Crippen LogP contribution >= 0.6 is 0 Å². The van der Waals surface area contributed by atoms with E-state index in [1.807, 2.05) is 0 Å². The molecule has 0 aromatic carbocycles. The second kappa shape index (κ2) is 1.67. The molecule has 0 atom stereocenters. The zero-order chi connectivity index (χ0) is 7.00. The lowest BCUT2D eigenvalue weighted by Gasteiger charge is -2.12. The summed E-state index contributed by atoms with van der Waals surface area (Å²) in [7, 11) is -5.85. The van der Waals surface area contributed by atoms with Gasteiger partial charge in [0.1, 0.15) is 0 Å². The molecule has 0 aromatic heterocycles. The largest absolute Gasteiger partial charge is 0.491 e. The van der Waals surface area contributed by atoms with Crippen LogP contribution in [0.1, 0.15) is 0 Å². The van der Waals surface area contributed by atoms with E-state index >= 15 is 0 Å². The van der Waals surface area contributed by atoms with Crippen LogP contribution in [0.15, 0.2) is 0 Å². The topological polar surface area (TPSA) is 57.5 Å². The molecule has 2 N–H and O–H groups in total. The van der Waals surface area contributed by atoms with Gasteiger partial charge in [-0.25, -0.2) is 4.21 Å². The van der Waals surface area contributed by atoms with Crippen LogP contribution in [0.25, 0.3) is 0 Å². The number of hydrogen-bond acceptors (Lipinski definition) is 1. The van der Waals surface area contributed by atoms with Crippen molar-refractivity contribution in [1.29, 1.82) is 0 Å². The van der Waals surface area contributed by atoms with Crippen molar-refractivity contribution in [2.75, 3.05) is 0 Å². The number of rotatable bonds is 0. The van der Waals surface area contributed by atoms with Crippen LogP contribution in [0.4, 0.5) is 13.2 Å². The fourth-order valence-corrected chi connectivity index (χ4v) is 0. The predicted octanol–water partition coefficient (Wildman–Crippen LogP) is 0.469. The van der Waals surface area contributed by atoms with E-state index in [1.165, 1.54) is 0 Å². The highest BCUT2D eigenvalue weighted by Gasteiger charge is 2.42. The van der Waals surface area contributed by atoms with Crippen molar-refractivity contribution in [3.63, 3.8) is 0 Å². The molecule has 0 aliphatic carbocycles. The van der Waals surface area contributed by atoms with Gasteiger partial charge < -0.3 is 9.11 Å². The van der Waals surface area contributed by atoms with E-state index in [0.29, 0.717) is 0 Å². The Morgan fingerprint density at radius 1 is 1.25 bits per heavy atom. The minimum Gasteiger partial charge on any atom is -0.303 e. The van der Waals surface area contributed by atoms with Gasteiger partial charge in [-0.05, 0) is 0 Å². The van der Waals surface area contributed by atoms with Crippen molar-refractivity contribution in [1.82, 2.24) is 0 Å². The third kappa shape index (κ3) is 1.76. The Labute approximate surface area is 43.6 Å². The molecule has 0 saturated heterocycles. The van der Waals surface area contributed by atoms with E-state index < -0.39 is 16.0 Å².